The highest BCUT2D eigenvalue weighted by Gasteiger charge is 2.13. The zero-order valence-electron chi connectivity index (χ0n) is 11.4. The molecule has 3 N–H and O–H groups in total. The van der Waals surface area contributed by atoms with Crippen molar-refractivity contribution in [2.75, 3.05) is 10.6 Å². The van der Waals surface area contributed by atoms with Gasteiger partial charge < -0.3 is 10.4 Å². The summed E-state index contributed by atoms with van der Waals surface area (Å²) < 4.78 is 0. The van der Waals surface area contributed by atoms with Crippen molar-refractivity contribution in [3.63, 3.8) is 0 Å². The van der Waals surface area contributed by atoms with Crippen molar-refractivity contribution in [1.82, 2.24) is 0 Å². The molecule has 0 bridgehead atoms. The van der Waals surface area contributed by atoms with Gasteiger partial charge in [0.05, 0.1) is 5.00 Å². The summed E-state index contributed by atoms with van der Waals surface area (Å²) in [6.07, 6.45) is 0. The Hall–Kier alpha value is -2.05. The highest BCUT2D eigenvalue weighted by atomic mass is 35.5. The number of carboxylic acids is 1. The summed E-state index contributed by atoms with van der Waals surface area (Å²) in [6.45, 7) is 3.55. The summed E-state index contributed by atoms with van der Waals surface area (Å²) in [4.78, 5) is 23.0. The van der Waals surface area contributed by atoms with Gasteiger partial charge in [-0.2, -0.15) is 0 Å². The molecule has 0 saturated heterocycles. The van der Waals surface area contributed by atoms with E-state index >= 15 is 0 Å². The van der Waals surface area contributed by atoms with Crippen molar-refractivity contribution < 1.29 is 14.7 Å². The number of benzene rings is 1. The molecule has 1 aromatic heterocycles. The number of thiophene rings is 1. The lowest BCUT2D eigenvalue weighted by atomic mass is 10.2. The van der Waals surface area contributed by atoms with E-state index in [2.05, 4.69) is 10.6 Å². The number of carbonyl (C=O) groups excluding carboxylic acids is 1. The lowest BCUT2D eigenvalue weighted by Crippen LogP contribution is -2.18. The second-order valence-corrected chi connectivity index (χ2v) is 5.93. The molecule has 21 heavy (non-hydrogen) atoms. The number of aryl methyl sites for hydroxylation is 2. The fourth-order valence-corrected chi connectivity index (χ4v) is 2.79. The topological polar surface area (TPSA) is 78.4 Å². The van der Waals surface area contributed by atoms with Crippen LogP contribution in [0.4, 0.5) is 15.5 Å². The first-order chi connectivity index (χ1) is 9.86. The second kappa shape index (κ2) is 6.15. The molecule has 0 fully saturated rings. The Labute approximate surface area is 130 Å². The minimum atomic E-state index is -1.00. The average Bonchev–Trinajstić information content (AvgIpc) is 2.75. The Bertz CT molecular complexity index is 712. The van der Waals surface area contributed by atoms with Crippen LogP contribution in [0.5, 0.6) is 0 Å². The molecule has 0 aliphatic heterocycles. The van der Waals surface area contributed by atoms with E-state index in [0.29, 0.717) is 21.3 Å². The molecule has 5 nitrogen and oxygen atoms in total. The van der Waals surface area contributed by atoms with E-state index in [1.165, 1.54) is 0 Å². The molecule has 0 spiro atoms. The summed E-state index contributed by atoms with van der Waals surface area (Å²) in [5.74, 6) is -1.00. The predicted octanol–water partition coefficient (Wildman–Crippen LogP) is 4.36. The number of hydrogen-bond acceptors (Lipinski definition) is 3. The maximum absolute atomic E-state index is 11.9. The van der Waals surface area contributed by atoms with Crippen molar-refractivity contribution in [2.24, 2.45) is 0 Å². The Balaban J connectivity index is 2.06. The van der Waals surface area contributed by atoms with Crippen LogP contribution in [-0.4, -0.2) is 17.1 Å². The van der Waals surface area contributed by atoms with Crippen LogP contribution >= 0.6 is 22.9 Å². The number of carbonyl (C=O) groups is 2. The average molecular weight is 325 g/mol. The number of anilines is 2. The molecule has 1 aromatic carbocycles. The summed E-state index contributed by atoms with van der Waals surface area (Å²) >= 11 is 7.00. The van der Waals surface area contributed by atoms with Crippen molar-refractivity contribution in [2.45, 2.75) is 13.8 Å². The number of hydrogen-bond donors (Lipinski definition) is 3. The lowest BCUT2D eigenvalue weighted by Gasteiger charge is -2.07. The van der Waals surface area contributed by atoms with Gasteiger partial charge in [0.2, 0.25) is 0 Å². The Morgan fingerprint density at radius 1 is 1.14 bits per heavy atom. The van der Waals surface area contributed by atoms with Crippen LogP contribution in [0.25, 0.3) is 0 Å². The molecule has 7 heteroatoms. The number of nitrogens with one attached hydrogen (secondary N) is 2. The predicted molar refractivity (Wildman–Crippen MR) is 84.8 cm³/mol. The molecular weight excluding hydrogens is 312 g/mol. The molecule has 2 aromatic rings. The molecular formula is C14H13ClN2O3S. The van der Waals surface area contributed by atoms with E-state index < -0.39 is 12.0 Å². The van der Waals surface area contributed by atoms with Crippen LogP contribution in [0.3, 0.4) is 0 Å². The smallest absolute Gasteiger partial charge is 0.346 e. The molecule has 0 unspecified atom stereocenters. The van der Waals surface area contributed by atoms with Gasteiger partial charge in [0, 0.05) is 10.7 Å². The molecule has 2 rings (SSSR count). The van der Waals surface area contributed by atoms with Gasteiger partial charge in [-0.3, -0.25) is 5.32 Å². The fraction of sp³-hybridized carbons (Fsp3) is 0.143. The van der Waals surface area contributed by atoms with Crippen LogP contribution in [0, 0.1) is 13.8 Å². The van der Waals surface area contributed by atoms with Gasteiger partial charge in [0.15, 0.2) is 0 Å². The summed E-state index contributed by atoms with van der Waals surface area (Å²) in [7, 11) is 0. The largest absolute Gasteiger partial charge is 0.477 e. The van der Waals surface area contributed by atoms with E-state index in [0.717, 1.165) is 16.9 Å². The molecule has 0 atom stereocenters. The van der Waals surface area contributed by atoms with Gasteiger partial charge in [0.25, 0.3) is 0 Å². The van der Waals surface area contributed by atoms with Crippen molar-refractivity contribution in [3.8, 4) is 0 Å². The Morgan fingerprint density at radius 2 is 1.86 bits per heavy atom. The van der Waals surface area contributed by atoms with Crippen LogP contribution in [0.1, 0.15) is 20.8 Å². The van der Waals surface area contributed by atoms with Crippen molar-refractivity contribution in [3.05, 3.63) is 45.3 Å². The molecule has 0 aliphatic rings. The number of aromatic carboxylic acids is 1. The number of urea groups is 1. The van der Waals surface area contributed by atoms with E-state index in [-0.39, 0.29) is 4.88 Å². The molecule has 0 radical (unpaired) electrons. The van der Waals surface area contributed by atoms with Gasteiger partial charge >= 0.3 is 12.0 Å². The van der Waals surface area contributed by atoms with Crippen molar-refractivity contribution >= 4 is 45.6 Å². The van der Waals surface area contributed by atoms with Crippen molar-refractivity contribution in [1.29, 1.82) is 0 Å². The Morgan fingerprint density at radius 3 is 2.43 bits per heavy atom. The maximum atomic E-state index is 11.9. The zero-order chi connectivity index (χ0) is 15.6. The quantitative estimate of drug-likeness (QED) is 0.784. The molecule has 1 heterocycles. The summed E-state index contributed by atoms with van der Waals surface area (Å²) in [5, 5.41) is 15.3. The molecule has 2 amide bonds. The number of carboxylic acid groups (broad SMARTS) is 1. The standard InChI is InChI=1S/C14H13ClN2O3S/c1-7-3-4-9(6-10(7)15)16-14(20)17-11-5-8(2)12(21-11)13(18)19/h3-6H,1-2H3,(H,18,19)(H2,16,17,20). The second-order valence-electron chi connectivity index (χ2n) is 4.47. The first-order valence-electron chi connectivity index (χ1n) is 6.04. The van der Waals surface area contributed by atoms with Crippen LogP contribution in [0.2, 0.25) is 5.02 Å². The first-order valence-corrected chi connectivity index (χ1v) is 7.24. The van der Waals surface area contributed by atoms with Crippen LogP contribution in [-0.2, 0) is 0 Å². The number of halogens is 1. The van der Waals surface area contributed by atoms with E-state index in [1.54, 1.807) is 31.2 Å². The molecule has 0 saturated carbocycles. The minimum absolute atomic E-state index is 0.212. The highest BCUT2D eigenvalue weighted by molar-refractivity contribution is 7.18. The highest BCUT2D eigenvalue weighted by Crippen LogP contribution is 2.27. The SMILES string of the molecule is Cc1ccc(NC(=O)Nc2cc(C)c(C(=O)O)s2)cc1Cl. The summed E-state index contributed by atoms with van der Waals surface area (Å²) in [6, 6.07) is 6.36. The van der Waals surface area contributed by atoms with Gasteiger partial charge in [-0.15, -0.1) is 11.3 Å². The third kappa shape index (κ3) is 3.74. The third-order valence-electron chi connectivity index (χ3n) is 2.78. The fourth-order valence-electron chi connectivity index (χ4n) is 1.70. The van der Waals surface area contributed by atoms with Gasteiger partial charge in [-0.25, -0.2) is 9.59 Å². The van der Waals surface area contributed by atoms with E-state index in [4.69, 9.17) is 16.7 Å². The van der Waals surface area contributed by atoms with Gasteiger partial charge in [-0.1, -0.05) is 17.7 Å². The molecule has 0 aliphatic carbocycles. The Kier molecular flexibility index (Phi) is 4.50. The third-order valence-corrected chi connectivity index (χ3v) is 4.33. The number of rotatable bonds is 3. The molecule has 110 valence electrons. The van der Waals surface area contributed by atoms with Gasteiger partial charge in [-0.05, 0) is 43.2 Å². The lowest BCUT2D eigenvalue weighted by molar-refractivity contribution is 0.0701. The maximum Gasteiger partial charge on any atom is 0.346 e. The van der Waals surface area contributed by atoms with Crippen LogP contribution < -0.4 is 10.6 Å². The zero-order valence-corrected chi connectivity index (χ0v) is 12.9. The normalized spacial score (nSPS) is 10.2. The first kappa shape index (κ1) is 15.3. The van der Waals surface area contributed by atoms with E-state index in [9.17, 15) is 9.59 Å². The van der Waals surface area contributed by atoms with Gasteiger partial charge in [0.1, 0.15) is 4.88 Å². The van der Waals surface area contributed by atoms with E-state index in [1.807, 2.05) is 6.92 Å². The number of amides is 2. The summed E-state index contributed by atoms with van der Waals surface area (Å²) in [5.41, 5.74) is 2.10. The minimum Gasteiger partial charge on any atom is -0.477 e. The monoisotopic (exact) mass is 324 g/mol. The van der Waals surface area contributed by atoms with Crippen LogP contribution in [0.15, 0.2) is 24.3 Å².